The molecule has 15 nitrogen and oxygen atoms in total. The minimum Gasteiger partial charge on any atom is -0.507 e. The molecule has 40 heavy (non-hydrogen) atoms. The Balaban J connectivity index is 1.69. The van der Waals surface area contributed by atoms with Gasteiger partial charge in [0, 0.05) is 6.07 Å². The molecule has 0 saturated carbocycles. The Morgan fingerprint density at radius 2 is 1.20 bits per heavy atom. The monoisotopic (exact) mass is 588 g/mol. The van der Waals surface area contributed by atoms with Crippen molar-refractivity contribution >= 4 is 59.7 Å². The second-order valence-corrected chi connectivity index (χ2v) is 10.8. The molecule has 0 fully saturated rings. The number of hydrogen-bond donors (Lipinski definition) is 6. The van der Waals surface area contributed by atoms with E-state index in [2.05, 4.69) is 20.5 Å². The number of rotatable bonds is 7. The molecule has 0 aliphatic carbocycles. The molecule has 0 bridgehead atoms. The van der Waals surface area contributed by atoms with Crippen LogP contribution in [-0.2, 0) is 20.2 Å². The molecule has 0 aliphatic rings. The van der Waals surface area contributed by atoms with Crippen LogP contribution in [0.4, 0.5) is 22.7 Å². The number of nitrogens with zero attached hydrogens (tertiary/aromatic N) is 4. The van der Waals surface area contributed by atoms with Gasteiger partial charge in [-0.3, -0.25) is 9.11 Å². The first kappa shape index (κ1) is 28.0. The number of hydrogen-bond acceptors (Lipinski definition) is 12. The normalized spacial score (nSPS) is 12.4. The van der Waals surface area contributed by atoms with E-state index in [0.717, 1.165) is 24.3 Å². The molecule has 4 aromatic rings. The molecule has 0 aliphatic heterocycles. The van der Waals surface area contributed by atoms with Crippen LogP contribution in [0.3, 0.4) is 0 Å². The van der Waals surface area contributed by atoms with Crippen molar-refractivity contribution in [3.05, 3.63) is 66.2 Å². The van der Waals surface area contributed by atoms with Crippen molar-refractivity contribution in [2.45, 2.75) is 9.79 Å². The highest BCUT2D eigenvalue weighted by Gasteiger charge is 2.25. The second-order valence-electron chi connectivity index (χ2n) is 7.99. The lowest BCUT2D eigenvalue weighted by molar-refractivity contribution is 0.0693. The van der Waals surface area contributed by atoms with Crippen LogP contribution >= 0.6 is 0 Å². The average molecular weight is 589 g/mol. The van der Waals surface area contributed by atoms with E-state index in [-0.39, 0.29) is 28.0 Å². The number of benzene rings is 4. The van der Waals surface area contributed by atoms with Gasteiger partial charge >= 0.3 is 5.97 Å². The fraction of sp³-hybridized carbons (Fsp3) is 0. The van der Waals surface area contributed by atoms with Gasteiger partial charge in [-0.25, -0.2) is 4.79 Å². The Bertz CT molecular complexity index is 1960. The molecule has 6 N–H and O–H groups in total. The SMILES string of the molecule is O=C(O)c1cc(N=Nc2ccc(N=Nc3c(S(=O)(=O)O)cc4cc(S(=O)(=O)O)cc(O)c4c3O)cc2)ccc1O. The third-order valence-electron chi connectivity index (χ3n) is 5.29. The first-order valence-electron chi connectivity index (χ1n) is 10.6. The summed E-state index contributed by atoms with van der Waals surface area (Å²) in [5.41, 5.74) is -0.578. The lowest BCUT2D eigenvalue weighted by Crippen LogP contribution is -2.01. The summed E-state index contributed by atoms with van der Waals surface area (Å²) >= 11 is 0. The van der Waals surface area contributed by atoms with Gasteiger partial charge in [-0.05, 0) is 60.0 Å². The van der Waals surface area contributed by atoms with Gasteiger partial charge in [0.25, 0.3) is 20.2 Å². The van der Waals surface area contributed by atoms with E-state index in [9.17, 15) is 46.1 Å². The minimum absolute atomic E-state index is 0.114. The number of fused-ring (bicyclic) bond motifs is 1. The first-order chi connectivity index (χ1) is 18.6. The van der Waals surface area contributed by atoms with Gasteiger partial charge in [0.2, 0.25) is 0 Å². The predicted molar refractivity (Wildman–Crippen MR) is 137 cm³/mol. The molecule has 0 saturated heterocycles. The Labute approximate surface area is 224 Å². The highest BCUT2D eigenvalue weighted by atomic mass is 32.2. The van der Waals surface area contributed by atoms with Crippen LogP contribution in [-0.4, -0.2) is 52.3 Å². The Kier molecular flexibility index (Phi) is 7.22. The molecule has 206 valence electrons. The van der Waals surface area contributed by atoms with Crippen molar-refractivity contribution in [2.24, 2.45) is 20.5 Å². The summed E-state index contributed by atoms with van der Waals surface area (Å²) in [6.07, 6.45) is 0. The highest BCUT2D eigenvalue weighted by Crippen LogP contribution is 2.45. The number of phenols is 3. The van der Waals surface area contributed by atoms with Crippen LogP contribution in [0.15, 0.2) is 90.9 Å². The van der Waals surface area contributed by atoms with Crippen molar-refractivity contribution < 1.29 is 51.2 Å². The maximum absolute atomic E-state index is 12.0. The minimum atomic E-state index is -5.05. The number of aromatic hydroxyl groups is 3. The van der Waals surface area contributed by atoms with Crippen LogP contribution in [0.5, 0.6) is 17.2 Å². The smallest absolute Gasteiger partial charge is 0.339 e. The van der Waals surface area contributed by atoms with Crippen LogP contribution in [0.25, 0.3) is 10.8 Å². The van der Waals surface area contributed by atoms with Crippen molar-refractivity contribution in [1.29, 1.82) is 0 Å². The summed E-state index contributed by atoms with van der Waals surface area (Å²) in [4.78, 5) is 9.36. The van der Waals surface area contributed by atoms with Gasteiger partial charge in [-0.1, -0.05) is 0 Å². The van der Waals surface area contributed by atoms with Gasteiger partial charge in [-0.15, -0.1) is 5.11 Å². The summed E-state index contributed by atoms with van der Waals surface area (Å²) < 4.78 is 65.8. The number of carbonyl (C=O) groups is 1. The van der Waals surface area contributed by atoms with E-state index >= 15 is 0 Å². The molecular formula is C23H16N4O11S2. The van der Waals surface area contributed by atoms with E-state index in [1.165, 1.54) is 30.3 Å². The van der Waals surface area contributed by atoms with Crippen LogP contribution in [0.2, 0.25) is 0 Å². The lowest BCUT2D eigenvalue weighted by atomic mass is 10.1. The van der Waals surface area contributed by atoms with Crippen LogP contribution in [0.1, 0.15) is 10.4 Å². The molecule has 0 unspecified atom stereocenters. The van der Waals surface area contributed by atoms with E-state index in [1.54, 1.807) is 0 Å². The number of aromatic carboxylic acids is 1. The molecule has 0 atom stereocenters. The molecule has 4 aromatic carbocycles. The van der Waals surface area contributed by atoms with Gasteiger partial charge in [0.1, 0.15) is 27.6 Å². The van der Waals surface area contributed by atoms with E-state index < -0.39 is 64.3 Å². The highest BCUT2D eigenvalue weighted by molar-refractivity contribution is 7.86. The van der Waals surface area contributed by atoms with Crippen molar-refractivity contribution in [2.75, 3.05) is 0 Å². The molecular weight excluding hydrogens is 572 g/mol. The first-order valence-corrected chi connectivity index (χ1v) is 13.5. The third-order valence-corrected chi connectivity index (χ3v) is 6.98. The zero-order valence-electron chi connectivity index (χ0n) is 19.6. The van der Waals surface area contributed by atoms with E-state index in [0.29, 0.717) is 6.07 Å². The van der Waals surface area contributed by atoms with Crippen LogP contribution in [0, 0.1) is 0 Å². The number of carboxylic acids is 1. The second kappa shape index (κ2) is 10.3. The zero-order chi connectivity index (χ0) is 29.4. The molecule has 0 heterocycles. The summed E-state index contributed by atoms with van der Waals surface area (Å²) in [7, 11) is -9.86. The summed E-state index contributed by atoms with van der Waals surface area (Å²) in [5, 5.41) is 54.1. The topological polar surface area (TPSA) is 256 Å². The number of carboxylic acid groups (broad SMARTS) is 1. The Morgan fingerprint density at radius 1 is 0.650 bits per heavy atom. The van der Waals surface area contributed by atoms with E-state index in [4.69, 9.17) is 5.11 Å². The largest absolute Gasteiger partial charge is 0.507 e. The number of phenolic OH excluding ortho intramolecular Hbond substituents is 2. The Morgan fingerprint density at radius 3 is 1.75 bits per heavy atom. The summed E-state index contributed by atoms with van der Waals surface area (Å²) in [6.45, 7) is 0. The van der Waals surface area contributed by atoms with Gasteiger partial charge in [-0.2, -0.15) is 32.2 Å². The van der Waals surface area contributed by atoms with Crippen molar-refractivity contribution in [1.82, 2.24) is 0 Å². The molecule has 0 amide bonds. The summed E-state index contributed by atoms with van der Waals surface area (Å²) in [6, 6.07) is 11.3. The third kappa shape index (κ3) is 5.86. The molecule has 17 heteroatoms. The predicted octanol–water partition coefficient (Wildman–Crippen LogP) is 4.98. The number of azo groups is 2. The molecule has 4 rings (SSSR count). The average Bonchev–Trinajstić information content (AvgIpc) is 2.86. The van der Waals surface area contributed by atoms with Gasteiger partial charge < -0.3 is 20.4 Å². The maximum atomic E-state index is 12.0. The zero-order valence-corrected chi connectivity index (χ0v) is 21.2. The quantitative estimate of drug-likeness (QED) is 0.124. The van der Waals surface area contributed by atoms with E-state index in [1.807, 2.05) is 0 Å². The molecule has 0 spiro atoms. The Hall–Kier alpha value is -4.97. The van der Waals surface area contributed by atoms with Gasteiger partial charge in [0.05, 0.1) is 27.3 Å². The van der Waals surface area contributed by atoms with Crippen LogP contribution < -0.4 is 0 Å². The van der Waals surface area contributed by atoms with Crippen molar-refractivity contribution in [3.8, 4) is 17.2 Å². The maximum Gasteiger partial charge on any atom is 0.339 e. The fourth-order valence-electron chi connectivity index (χ4n) is 3.45. The molecule has 0 aromatic heterocycles. The van der Waals surface area contributed by atoms with Gasteiger partial charge in [0.15, 0.2) is 5.75 Å². The standard InChI is InChI=1S/C23H16N4O11S2/c28-17-6-5-14(9-16(17)23(31)32)26-24-12-1-3-13(4-2-12)25-27-21-19(40(36,37)38)8-11-7-15(39(33,34)35)10-18(29)20(11)22(21)30/h1-10,28-30H,(H,31,32)(H,33,34,35)(H,36,37,38). The van der Waals surface area contributed by atoms with Crippen molar-refractivity contribution in [3.63, 3.8) is 0 Å². The lowest BCUT2D eigenvalue weighted by Gasteiger charge is -2.11. The molecule has 0 radical (unpaired) electrons. The summed E-state index contributed by atoms with van der Waals surface area (Å²) in [5.74, 6) is -3.57. The fourth-order valence-corrected chi connectivity index (χ4v) is 4.64.